The third kappa shape index (κ3) is 6.78. The minimum absolute atomic E-state index is 0. The number of hydrogen-bond donors (Lipinski definition) is 0. The van der Waals surface area contributed by atoms with Crippen molar-refractivity contribution in [3.8, 4) is 5.88 Å². The van der Waals surface area contributed by atoms with Gasteiger partial charge in [-0.05, 0) is 17.9 Å². The summed E-state index contributed by atoms with van der Waals surface area (Å²) in [6.07, 6.45) is 0. The van der Waals surface area contributed by atoms with Crippen molar-refractivity contribution < 1.29 is 63.3 Å². The molecule has 0 amide bonds. The second-order valence-corrected chi connectivity index (χ2v) is 2.56. The van der Waals surface area contributed by atoms with Crippen LogP contribution in [-0.2, 0) is 0 Å². The Labute approximate surface area is 130 Å². The first kappa shape index (κ1) is 16.2. The fraction of sp³-hybridized carbons (Fsp3) is 0.500. The summed E-state index contributed by atoms with van der Waals surface area (Å²) in [5.41, 5.74) is 0.868. The van der Waals surface area contributed by atoms with Gasteiger partial charge in [0, 0.05) is 5.69 Å². The number of pyridine rings is 1. The van der Waals surface area contributed by atoms with E-state index in [-0.39, 0.29) is 64.1 Å². The summed E-state index contributed by atoms with van der Waals surface area (Å²) in [7, 11) is 0. The second kappa shape index (κ2) is 9.32. The van der Waals surface area contributed by atoms with Crippen LogP contribution < -0.4 is 63.3 Å². The Morgan fingerprint density at radius 1 is 1.23 bits per heavy atom. The van der Waals surface area contributed by atoms with E-state index in [1.807, 2.05) is 33.8 Å². The zero-order valence-corrected chi connectivity index (χ0v) is 14.1. The number of hydrogen-bond acceptors (Lipinski definition) is 2. The molecule has 0 aliphatic rings. The molecule has 0 atom stereocenters. The minimum Gasteiger partial charge on any atom is -0.859 e. The molecule has 0 unspecified atom stereocenters. The predicted molar refractivity (Wildman–Crippen MR) is 49.1 cm³/mol. The van der Waals surface area contributed by atoms with Crippen LogP contribution in [0, 0.1) is 0 Å². The third-order valence-corrected chi connectivity index (χ3v) is 1.34. The van der Waals surface area contributed by atoms with Crippen LogP contribution in [0.5, 0.6) is 5.88 Å². The van der Waals surface area contributed by atoms with Crippen molar-refractivity contribution in [3.63, 3.8) is 0 Å². The molecule has 13 heavy (non-hydrogen) atoms. The maximum absolute atomic E-state index is 10.7. The summed E-state index contributed by atoms with van der Waals surface area (Å²) < 4.78 is 0. The molecule has 3 heteroatoms. The molecule has 0 aliphatic heterocycles. The summed E-state index contributed by atoms with van der Waals surface area (Å²) in [6, 6.07) is 5.07. The van der Waals surface area contributed by atoms with Crippen LogP contribution in [0.25, 0.3) is 0 Å². The molecule has 0 fully saturated rings. The van der Waals surface area contributed by atoms with Crippen LogP contribution in [0.4, 0.5) is 0 Å². The van der Waals surface area contributed by atoms with Crippen LogP contribution in [0.2, 0.25) is 0 Å². The molecule has 0 N–H and O–H groups in total. The topological polar surface area (TPSA) is 36.0 Å². The van der Waals surface area contributed by atoms with Crippen molar-refractivity contribution >= 4 is 0 Å². The van der Waals surface area contributed by atoms with E-state index >= 15 is 0 Å². The molecule has 1 aromatic heterocycles. The van der Waals surface area contributed by atoms with Crippen molar-refractivity contribution in [1.82, 2.24) is 4.98 Å². The Balaban J connectivity index is 0. The maximum Gasteiger partial charge on any atom is 1.00 e. The molecule has 1 rings (SSSR count). The molecule has 1 aromatic rings. The van der Waals surface area contributed by atoms with E-state index in [1.54, 1.807) is 6.07 Å². The zero-order valence-electron chi connectivity index (χ0n) is 9.16. The standard InChI is InChI=1S/C8H11NO.C2H6.Rb/c1-6(2)7-4-3-5-8(10)9-7;1-2;/h3-6H,1-2H3,(H,9,10);1-2H3;/q;;+1/p-1. The van der Waals surface area contributed by atoms with Gasteiger partial charge in [-0.3, -0.25) is 4.98 Å². The quantitative estimate of drug-likeness (QED) is 0.663. The van der Waals surface area contributed by atoms with E-state index in [9.17, 15) is 5.11 Å². The number of rotatable bonds is 1. The van der Waals surface area contributed by atoms with E-state index in [2.05, 4.69) is 4.98 Å². The first-order chi connectivity index (χ1) is 5.70. The van der Waals surface area contributed by atoms with Crippen molar-refractivity contribution in [1.29, 1.82) is 0 Å². The molecule has 0 radical (unpaired) electrons. The minimum atomic E-state index is -0.147. The Morgan fingerprint density at radius 3 is 2.08 bits per heavy atom. The van der Waals surface area contributed by atoms with Crippen LogP contribution >= 0.6 is 0 Å². The van der Waals surface area contributed by atoms with Crippen LogP contribution in [0.15, 0.2) is 18.2 Å². The molecular weight excluding hydrogens is 236 g/mol. The monoisotopic (exact) mass is 251 g/mol. The van der Waals surface area contributed by atoms with Gasteiger partial charge in [0.25, 0.3) is 0 Å². The van der Waals surface area contributed by atoms with Gasteiger partial charge in [-0.2, -0.15) is 0 Å². The van der Waals surface area contributed by atoms with E-state index in [0.29, 0.717) is 5.92 Å². The molecule has 2 nitrogen and oxygen atoms in total. The van der Waals surface area contributed by atoms with Gasteiger partial charge in [-0.15, -0.1) is 0 Å². The first-order valence-electron chi connectivity index (χ1n) is 4.34. The Kier molecular flexibility index (Phi) is 11.6. The largest absolute Gasteiger partial charge is 1.00 e. The molecule has 0 aromatic carbocycles. The predicted octanol–water partition coefficient (Wildman–Crippen LogP) is -0.691. The molecule has 1 heterocycles. The van der Waals surface area contributed by atoms with Crippen LogP contribution in [0.1, 0.15) is 39.3 Å². The molecule has 0 spiro atoms. The summed E-state index contributed by atoms with van der Waals surface area (Å²) >= 11 is 0. The third-order valence-electron chi connectivity index (χ3n) is 1.34. The Morgan fingerprint density at radius 2 is 1.77 bits per heavy atom. The van der Waals surface area contributed by atoms with Crippen LogP contribution in [-0.4, -0.2) is 4.98 Å². The van der Waals surface area contributed by atoms with Crippen molar-refractivity contribution in [2.75, 3.05) is 0 Å². The SMILES string of the molecule is CC.CC(C)c1cccc([O-])n1.[Rb+]. The van der Waals surface area contributed by atoms with Gasteiger partial charge in [-0.1, -0.05) is 39.8 Å². The smallest absolute Gasteiger partial charge is 0.859 e. The summed E-state index contributed by atoms with van der Waals surface area (Å²) in [5, 5.41) is 10.7. The molecule has 68 valence electrons. The maximum atomic E-state index is 10.7. The van der Waals surface area contributed by atoms with E-state index in [4.69, 9.17) is 0 Å². The van der Waals surface area contributed by atoms with Gasteiger partial charge >= 0.3 is 58.2 Å². The average Bonchev–Trinajstić information content (AvgIpc) is 2.08. The van der Waals surface area contributed by atoms with E-state index in [0.717, 1.165) is 5.69 Å². The van der Waals surface area contributed by atoms with Gasteiger partial charge < -0.3 is 5.11 Å². The normalized spacial score (nSPS) is 8.38. The fourth-order valence-electron chi connectivity index (χ4n) is 0.752. The fourth-order valence-corrected chi connectivity index (χ4v) is 0.752. The van der Waals surface area contributed by atoms with Crippen LogP contribution in [0.3, 0.4) is 0 Å². The zero-order chi connectivity index (χ0) is 9.56. The van der Waals surface area contributed by atoms with Crippen molar-refractivity contribution in [2.45, 2.75) is 33.6 Å². The molecule has 0 saturated carbocycles. The van der Waals surface area contributed by atoms with E-state index in [1.165, 1.54) is 6.07 Å². The van der Waals surface area contributed by atoms with Crippen molar-refractivity contribution in [2.24, 2.45) is 0 Å². The second-order valence-electron chi connectivity index (χ2n) is 2.56. The molecule has 0 saturated heterocycles. The number of nitrogens with zero attached hydrogens (tertiary/aromatic N) is 1. The number of aromatic nitrogens is 1. The molecular formula is C10H16NORb. The summed E-state index contributed by atoms with van der Waals surface area (Å²) in [4.78, 5) is 3.82. The van der Waals surface area contributed by atoms with Gasteiger partial charge in [0.1, 0.15) is 0 Å². The molecule has 0 aliphatic carbocycles. The van der Waals surface area contributed by atoms with Gasteiger partial charge in [0.05, 0.1) is 0 Å². The van der Waals surface area contributed by atoms with Gasteiger partial charge in [-0.25, -0.2) is 0 Å². The Hall–Kier alpha value is 0.755. The van der Waals surface area contributed by atoms with Gasteiger partial charge in [0.2, 0.25) is 0 Å². The summed E-state index contributed by atoms with van der Waals surface area (Å²) in [5.74, 6) is 0.195. The van der Waals surface area contributed by atoms with E-state index < -0.39 is 0 Å². The average molecular weight is 252 g/mol. The van der Waals surface area contributed by atoms with Gasteiger partial charge in [0.15, 0.2) is 0 Å². The van der Waals surface area contributed by atoms with Crippen molar-refractivity contribution in [3.05, 3.63) is 23.9 Å². The molecule has 0 bridgehead atoms. The Bertz CT molecular complexity index is 226. The first-order valence-corrected chi connectivity index (χ1v) is 4.34. The summed E-state index contributed by atoms with van der Waals surface area (Å²) in [6.45, 7) is 8.03.